The van der Waals surface area contributed by atoms with Gasteiger partial charge in [0.25, 0.3) is 15.9 Å². The third-order valence-corrected chi connectivity index (χ3v) is 5.27. The average molecular weight is 397 g/mol. The van der Waals surface area contributed by atoms with Gasteiger partial charge in [-0.05, 0) is 36.4 Å². The number of hydrogen-bond acceptors (Lipinski definition) is 3. The molecule has 0 saturated heterocycles. The van der Waals surface area contributed by atoms with E-state index in [1.807, 2.05) is 0 Å². The predicted octanol–water partition coefficient (Wildman–Crippen LogP) is 3.35. The van der Waals surface area contributed by atoms with Crippen molar-refractivity contribution < 1.29 is 26.4 Å². The van der Waals surface area contributed by atoms with Gasteiger partial charge >= 0.3 is 6.18 Å². The molecule has 3 rings (SSSR count). The number of alkyl halides is 3. The van der Waals surface area contributed by atoms with Crippen LogP contribution in [0.25, 0.3) is 10.9 Å². The molecule has 1 heterocycles. The minimum atomic E-state index is -4.81. The van der Waals surface area contributed by atoms with E-state index >= 15 is 0 Å². The monoisotopic (exact) mass is 397 g/mol. The highest BCUT2D eigenvalue weighted by atomic mass is 32.2. The Balaban J connectivity index is 1.98. The second-order valence-electron chi connectivity index (χ2n) is 5.66. The van der Waals surface area contributed by atoms with E-state index in [2.05, 4.69) is 15.0 Å². The van der Waals surface area contributed by atoms with E-state index in [9.17, 15) is 26.4 Å². The molecule has 142 valence electrons. The minimum Gasteiger partial charge on any atom is -0.354 e. The molecule has 27 heavy (non-hydrogen) atoms. The van der Waals surface area contributed by atoms with Crippen molar-refractivity contribution in [3.05, 3.63) is 59.8 Å². The number of nitrogens with one attached hydrogen (secondary N) is 3. The number of aromatic nitrogens is 1. The Morgan fingerprint density at radius 1 is 1.07 bits per heavy atom. The molecule has 0 aliphatic carbocycles. The fraction of sp³-hybridized carbons (Fsp3) is 0.118. The summed E-state index contributed by atoms with van der Waals surface area (Å²) < 4.78 is 66.4. The highest BCUT2D eigenvalue weighted by Crippen LogP contribution is 2.34. The van der Waals surface area contributed by atoms with E-state index in [1.54, 1.807) is 0 Å². The summed E-state index contributed by atoms with van der Waals surface area (Å²) in [7, 11) is -3.01. The molecule has 0 saturated carbocycles. The lowest BCUT2D eigenvalue weighted by Crippen LogP contribution is -2.18. The number of sulfonamides is 1. The number of benzene rings is 2. The molecule has 0 bridgehead atoms. The van der Waals surface area contributed by atoms with Crippen LogP contribution in [0.3, 0.4) is 0 Å². The first-order valence-corrected chi connectivity index (χ1v) is 9.14. The van der Waals surface area contributed by atoms with Gasteiger partial charge in [-0.25, -0.2) is 8.42 Å². The molecule has 0 radical (unpaired) electrons. The maximum atomic E-state index is 13.1. The highest BCUT2D eigenvalue weighted by molar-refractivity contribution is 7.92. The molecule has 0 aliphatic rings. The van der Waals surface area contributed by atoms with Crippen molar-refractivity contribution in [1.29, 1.82) is 0 Å². The van der Waals surface area contributed by atoms with Gasteiger partial charge in [0.15, 0.2) is 0 Å². The van der Waals surface area contributed by atoms with Gasteiger partial charge in [-0.3, -0.25) is 9.52 Å². The normalized spacial score (nSPS) is 12.1. The van der Waals surface area contributed by atoms with Crippen molar-refractivity contribution in [3.63, 3.8) is 0 Å². The van der Waals surface area contributed by atoms with Crippen LogP contribution in [0.15, 0.2) is 53.4 Å². The van der Waals surface area contributed by atoms with E-state index in [4.69, 9.17) is 0 Å². The standard InChI is InChI=1S/C17H14F3N3O3S/c1-21-16(24)14-9-10-8-11(6-7-13(10)22-14)23-27(25,26)15-5-3-2-4-12(15)17(18,19)20/h2-9,22-23H,1H3,(H,21,24). The Labute approximate surface area is 152 Å². The summed E-state index contributed by atoms with van der Waals surface area (Å²) in [4.78, 5) is 13.6. The number of aromatic amines is 1. The van der Waals surface area contributed by atoms with Gasteiger partial charge in [0.05, 0.1) is 10.5 Å². The molecular formula is C17H14F3N3O3S. The second-order valence-corrected chi connectivity index (χ2v) is 7.31. The lowest BCUT2D eigenvalue weighted by Gasteiger charge is -2.14. The van der Waals surface area contributed by atoms with Gasteiger partial charge in [-0.15, -0.1) is 0 Å². The lowest BCUT2D eigenvalue weighted by atomic mass is 10.2. The number of carbonyl (C=O) groups excluding carboxylic acids is 1. The van der Waals surface area contributed by atoms with Crippen molar-refractivity contribution >= 4 is 32.5 Å². The van der Waals surface area contributed by atoms with Gasteiger partial charge < -0.3 is 10.3 Å². The first-order valence-electron chi connectivity index (χ1n) is 7.66. The Morgan fingerprint density at radius 3 is 2.44 bits per heavy atom. The number of anilines is 1. The van der Waals surface area contributed by atoms with Gasteiger partial charge in [0.1, 0.15) is 5.69 Å². The molecule has 6 nitrogen and oxygen atoms in total. The molecule has 0 fully saturated rings. The Bertz CT molecular complexity index is 1120. The Morgan fingerprint density at radius 2 is 1.78 bits per heavy atom. The van der Waals surface area contributed by atoms with Crippen molar-refractivity contribution in [2.75, 3.05) is 11.8 Å². The maximum absolute atomic E-state index is 13.1. The summed E-state index contributed by atoms with van der Waals surface area (Å²) in [6.07, 6.45) is -4.81. The van der Waals surface area contributed by atoms with Crippen LogP contribution in [-0.4, -0.2) is 26.4 Å². The second kappa shape index (κ2) is 6.62. The quantitative estimate of drug-likeness (QED) is 0.631. The van der Waals surface area contributed by atoms with Crippen LogP contribution in [0.2, 0.25) is 0 Å². The molecule has 3 N–H and O–H groups in total. The molecule has 0 spiro atoms. The van der Waals surface area contributed by atoms with Crippen LogP contribution in [-0.2, 0) is 16.2 Å². The summed E-state index contributed by atoms with van der Waals surface area (Å²) in [6, 6.07) is 9.78. The highest BCUT2D eigenvalue weighted by Gasteiger charge is 2.36. The molecule has 2 aromatic carbocycles. The van der Waals surface area contributed by atoms with Crippen LogP contribution < -0.4 is 10.0 Å². The summed E-state index contributed by atoms with van der Waals surface area (Å²) in [5, 5.41) is 2.97. The lowest BCUT2D eigenvalue weighted by molar-refractivity contribution is -0.139. The van der Waals surface area contributed by atoms with E-state index in [1.165, 1.54) is 37.4 Å². The van der Waals surface area contributed by atoms with Crippen molar-refractivity contribution in [2.45, 2.75) is 11.1 Å². The average Bonchev–Trinajstić information content (AvgIpc) is 3.03. The molecular weight excluding hydrogens is 383 g/mol. The van der Waals surface area contributed by atoms with Gasteiger partial charge in [-0.2, -0.15) is 13.2 Å². The summed E-state index contributed by atoms with van der Waals surface area (Å²) in [5.41, 5.74) is -0.328. The Kier molecular flexibility index (Phi) is 4.60. The number of amides is 1. The molecule has 3 aromatic rings. The van der Waals surface area contributed by atoms with Crippen molar-refractivity contribution in [2.24, 2.45) is 0 Å². The Hall–Kier alpha value is -3.01. The number of hydrogen-bond donors (Lipinski definition) is 3. The third-order valence-electron chi connectivity index (χ3n) is 3.83. The SMILES string of the molecule is CNC(=O)c1cc2cc(NS(=O)(=O)c3ccccc3C(F)(F)F)ccc2[nH]1. The molecule has 10 heteroatoms. The van der Waals surface area contributed by atoms with E-state index in [0.717, 1.165) is 12.1 Å². The van der Waals surface area contributed by atoms with Gasteiger partial charge in [-0.1, -0.05) is 12.1 Å². The summed E-state index contributed by atoms with van der Waals surface area (Å²) in [6.45, 7) is 0. The van der Waals surface area contributed by atoms with Gasteiger partial charge in [0, 0.05) is 23.6 Å². The minimum absolute atomic E-state index is 0.0712. The number of H-pyrrole nitrogens is 1. The zero-order valence-electron chi connectivity index (χ0n) is 13.9. The smallest absolute Gasteiger partial charge is 0.354 e. The van der Waals surface area contributed by atoms with Crippen LogP contribution in [0.4, 0.5) is 18.9 Å². The first-order chi connectivity index (χ1) is 12.6. The van der Waals surface area contributed by atoms with Crippen LogP contribution in [0.1, 0.15) is 16.1 Å². The van der Waals surface area contributed by atoms with Crippen molar-refractivity contribution in [1.82, 2.24) is 10.3 Å². The third kappa shape index (κ3) is 3.75. The maximum Gasteiger partial charge on any atom is 0.417 e. The van der Waals surface area contributed by atoms with Crippen LogP contribution in [0.5, 0.6) is 0 Å². The zero-order chi connectivity index (χ0) is 19.8. The number of carbonyl (C=O) groups is 1. The van der Waals surface area contributed by atoms with Gasteiger partial charge in [0.2, 0.25) is 0 Å². The van der Waals surface area contributed by atoms with Crippen LogP contribution >= 0.6 is 0 Å². The van der Waals surface area contributed by atoms with Crippen molar-refractivity contribution in [3.8, 4) is 0 Å². The number of fused-ring (bicyclic) bond motifs is 1. The fourth-order valence-corrected chi connectivity index (χ4v) is 3.88. The topological polar surface area (TPSA) is 91.1 Å². The fourth-order valence-electron chi connectivity index (χ4n) is 2.60. The first kappa shape index (κ1) is 18.8. The molecule has 0 aliphatic heterocycles. The molecule has 0 unspecified atom stereocenters. The van der Waals surface area contributed by atoms with E-state index in [0.29, 0.717) is 17.0 Å². The summed E-state index contributed by atoms with van der Waals surface area (Å²) >= 11 is 0. The largest absolute Gasteiger partial charge is 0.417 e. The van der Waals surface area contributed by atoms with E-state index < -0.39 is 26.7 Å². The molecule has 1 aromatic heterocycles. The summed E-state index contributed by atoms with van der Waals surface area (Å²) in [5.74, 6) is -0.354. The molecule has 0 atom stereocenters. The predicted molar refractivity (Wildman–Crippen MR) is 93.9 cm³/mol. The van der Waals surface area contributed by atoms with Crippen LogP contribution in [0, 0.1) is 0 Å². The molecule has 1 amide bonds. The zero-order valence-corrected chi connectivity index (χ0v) is 14.7. The van der Waals surface area contributed by atoms with E-state index in [-0.39, 0.29) is 17.3 Å². The number of halogens is 3. The number of rotatable bonds is 4.